The third-order valence-electron chi connectivity index (χ3n) is 2.88. The third kappa shape index (κ3) is 3.17. The molecule has 0 radical (unpaired) electrons. The highest BCUT2D eigenvalue weighted by Crippen LogP contribution is 2.25. The van der Waals surface area contributed by atoms with E-state index in [0.717, 1.165) is 22.2 Å². The van der Waals surface area contributed by atoms with E-state index in [-0.39, 0.29) is 6.42 Å². The number of aryl methyl sites for hydroxylation is 1. The molecule has 0 amide bonds. The van der Waals surface area contributed by atoms with Crippen molar-refractivity contribution in [2.75, 3.05) is 5.75 Å². The molecule has 0 saturated heterocycles. The van der Waals surface area contributed by atoms with Crippen LogP contribution in [0, 0.1) is 13.8 Å². The lowest BCUT2D eigenvalue weighted by atomic mass is 10.3. The minimum Gasteiger partial charge on any atom is -0.481 e. The monoisotopic (exact) mass is 276 g/mol. The number of hydrogen-bond acceptors (Lipinski definition) is 3. The Morgan fingerprint density at radius 1 is 1.32 bits per heavy atom. The standard InChI is InChI=1S/C14H16N2O2S/c1-10-11(2)16(12-6-4-3-5-7-12)14(15-10)19-9-8-13(17)18/h3-7H,8-9H2,1-2H3,(H,17,18). The summed E-state index contributed by atoms with van der Waals surface area (Å²) >= 11 is 1.48. The molecule has 1 aromatic carbocycles. The smallest absolute Gasteiger partial charge is 0.304 e. The minimum absolute atomic E-state index is 0.143. The molecule has 1 aromatic heterocycles. The number of hydrogen-bond donors (Lipinski definition) is 1. The Kier molecular flexibility index (Phi) is 4.27. The lowest BCUT2D eigenvalue weighted by Gasteiger charge is -2.09. The second-order valence-electron chi connectivity index (χ2n) is 4.23. The number of thioether (sulfide) groups is 1. The van der Waals surface area contributed by atoms with E-state index in [0.29, 0.717) is 5.75 Å². The number of carboxylic acid groups (broad SMARTS) is 1. The normalized spacial score (nSPS) is 10.6. The number of aromatic nitrogens is 2. The average molecular weight is 276 g/mol. The molecule has 19 heavy (non-hydrogen) atoms. The zero-order valence-electron chi connectivity index (χ0n) is 11.0. The van der Waals surface area contributed by atoms with Gasteiger partial charge in [0.15, 0.2) is 5.16 Å². The number of rotatable bonds is 5. The van der Waals surface area contributed by atoms with Crippen molar-refractivity contribution < 1.29 is 9.90 Å². The van der Waals surface area contributed by atoms with Crippen molar-refractivity contribution >= 4 is 17.7 Å². The quantitative estimate of drug-likeness (QED) is 0.853. The molecule has 1 heterocycles. The Morgan fingerprint density at radius 3 is 2.63 bits per heavy atom. The molecule has 100 valence electrons. The number of imidazole rings is 1. The second kappa shape index (κ2) is 5.93. The molecule has 4 nitrogen and oxygen atoms in total. The Labute approximate surface area is 116 Å². The zero-order chi connectivity index (χ0) is 13.8. The van der Waals surface area contributed by atoms with Crippen molar-refractivity contribution in [2.24, 2.45) is 0 Å². The van der Waals surface area contributed by atoms with Crippen molar-refractivity contribution in [1.82, 2.24) is 9.55 Å². The molecule has 5 heteroatoms. The van der Waals surface area contributed by atoms with Gasteiger partial charge in [0.05, 0.1) is 12.1 Å². The van der Waals surface area contributed by atoms with Crippen molar-refractivity contribution in [3.05, 3.63) is 41.7 Å². The van der Waals surface area contributed by atoms with E-state index in [9.17, 15) is 4.79 Å². The fourth-order valence-corrected chi connectivity index (χ4v) is 2.82. The first kappa shape index (κ1) is 13.7. The first-order chi connectivity index (χ1) is 9.09. The lowest BCUT2D eigenvalue weighted by Crippen LogP contribution is -2.01. The van der Waals surface area contributed by atoms with E-state index in [1.807, 2.05) is 44.2 Å². The van der Waals surface area contributed by atoms with E-state index in [2.05, 4.69) is 9.55 Å². The number of nitrogens with zero attached hydrogens (tertiary/aromatic N) is 2. The van der Waals surface area contributed by atoms with Gasteiger partial charge in [-0.1, -0.05) is 30.0 Å². The van der Waals surface area contributed by atoms with Crippen molar-refractivity contribution in [2.45, 2.75) is 25.4 Å². The summed E-state index contributed by atoms with van der Waals surface area (Å²) in [6.45, 7) is 3.99. The van der Waals surface area contributed by atoms with Crippen LogP contribution >= 0.6 is 11.8 Å². The van der Waals surface area contributed by atoms with E-state index in [4.69, 9.17) is 5.11 Å². The Bertz CT molecular complexity index is 579. The molecule has 0 bridgehead atoms. The third-order valence-corrected chi connectivity index (χ3v) is 3.82. The summed E-state index contributed by atoms with van der Waals surface area (Å²) < 4.78 is 2.07. The van der Waals surface area contributed by atoms with Gasteiger partial charge in [-0.3, -0.25) is 9.36 Å². The molecule has 0 spiro atoms. The molecule has 0 unspecified atom stereocenters. The number of carboxylic acids is 1. The van der Waals surface area contributed by atoms with Gasteiger partial charge >= 0.3 is 5.97 Å². The fourth-order valence-electron chi connectivity index (χ4n) is 1.79. The Hall–Kier alpha value is -1.75. The predicted molar refractivity (Wildman–Crippen MR) is 76.0 cm³/mol. The molecule has 2 rings (SSSR count). The maximum Gasteiger partial charge on any atom is 0.304 e. The molecular formula is C14H16N2O2S. The number of carbonyl (C=O) groups is 1. The Balaban J connectivity index is 2.29. The van der Waals surface area contributed by atoms with Crippen LogP contribution in [0.5, 0.6) is 0 Å². The zero-order valence-corrected chi connectivity index (χ0v) is 11.8. The first-order valence-corrected chi connectivity index (χ1v) is 7.04. The van der Waals surface area contributed by atoms with Crippen LogP contribution in [-0.4, -0.2) is 26.4 Å². The van der Waals surface area contributed by atoms with E-state index < -0.39 is 5.97 Å². The van der Waals surface area contributed by atoms with Gasteiger partial charge in [0.2, 0.25) is 0 Å². The first-order valence-electron chi connectivity index (χ1n) is 6.05. The van der Waals surface area contributed by atoms with Crippen LogP contribution in [0.4, 0.5) is 0 Å². The van der Waals surface area contributed by atoms with Crippen LogP contribution in [-0.2, 0) is 4.79 Å². The largest absolute Gasteiger partial charge is 0.481 e. The molecule has 1 N–H and O–H groups in total. The average Bonchev–Trinajstić information content (AvgIpc) is 2.66. The van der Waals surface area contributed by atoms with Gasteiger partial charge in [0.25, 0.3) is 0 Å². The molecule has 0 aliphatic rings. The lowest BCUT2D eigenvalue weighted by molar-refractivity contribution is -0.136. The minimum atomic E-state index is -0.779. The number of benzene rings is 1. The van der Waals surface area contributed by atoms with Crippen LogP contribution in [0.3, 0.4) is 0 Å². The highest BCUT2D eigenvalue weighted by molar-refractivity contribution is 7.99. The van der Waals surface area contributed by atoms with Crippen LogP contribution in [0.1, 0.15) is 17.8 Å². The molecule has 0 fully saturated rings. The number of para-hydroxylation sites is 1. The van der Waals surface area contributed by atoms with Crippen LogP contribution in [0.25, 0.3) is 5.69 Å². The predicted octanol–water partition coefficient (Wildman–Crippen LogP) is 3.06. The molecule has 0 aliphatic heterocycles. The van der Waals surface area contributed by atoms with Crippen molar-refractivity contribution in [3.8, 4) is 5.69 Å². The van der Waals surface area contributed by atoms with Crippen molar-refractivity contribution in [1.29, 1.82) is 0 Å². The van der Waals surface area contributed by atoms with Gasteiger partial charge in [-0.05, 0) is 26.0 Å². The molecule has 2 aromatic rings. The summed E-state index contributed by atoms with van der Waals surface area (Å²) in [5.41, 5.74) is 3.11. The molecular weight excluding hydrogens is 260 g/mol. The summed E-state index contributed by atoms with van der Waals surface area (Å²) in [5.74, 6) is -0.253. The van der Waals surface area contributed by atoms with Gasteiger partial charge in [-0.2, -0.15) is 0 Å². The summed E-state index contributed by atoms with van der Waals surface area (Å²) in [5, 5.41) is 9.55. The van der Waals surface area contributed by atoms with Gasteiger partial charge in [0, 0.05) is 17.1 Å². The van der Waals surface area contributed by atoms with Gasteiger partial charge in [-0.25, -0.2) is 4.98 Å². The molecule has 0 aliphatic carbocycles. The second-order valence-corrected chi connectivity index (χ2v) is 5.29. The fraction of sp³-hybridized carbons (Fsp3) is 0.286. The maximum absolute atomic E-state index is 10.6. The summed E-state index contributed by atoms with van der Waals surface area (Å²) in [4.78, 5) is 15.1. The Morgan fingerprint density at radius 2 is 2.00 bits per heavy atom. The van der Waals surface area contributed by atoms with Gasteiger partial charge in [-0.15, -0.1) is 0 Å². The van der Waals surface area contributed by atoms with Crippen LogP contribution < -0.4 is 0 Å². The van der Waals surface area contributed by atoms with E-state index in [1.165, 1.54) is 11.8 Å². The summed E-state index contributed by atoms with van der Waals surface area (Å²) in [6, 6.07) is 9.98. The van der Waals surface area contributed by atoms with Gasteiger partial charge < -0.3 is 5.11 Å². The highest BCUT2D eigenvalue weighted by atomic mass is 32.2. The van der Waals surface area contributed by atoms with E-state index in [1.54, 1.807) is 0 Å². The summed E-state index contributed by atoms with van der Waals surface area (Å²) in [7, 11) is 0. The van der Waals surface area contributed by atoms with Gasteiger partial charge in [0.1, 0.15) is 0 Å². The summed E-state index contributed by atoms with van der Waals surface area (Å²) in [6.07, 6.45) is 0.143. The molecule has 0 atom stereocenters. The number of aliphatic carboxylic acids is 1. The SMILES string of the molecule is Cc1nc(SCCC(=O)O)n(-c2ccccc2)c1C. The van der Waals surface area contributed by atoms with Crippen molar-refractivity contribution in [3.63, 3.8) is 0 Å². The highest BCUT2D eigenvalue weighted by Gasteiger charge is 2.13. The van der Waals surface area contributed by atoms with E-state index >= 15 is 0 Å². The van der Waals surface area contributed by atoms with Crippen LogP contribution in [0.2, 0.25) is 0 Å². The maximum atomic E-state index is 10.6. The molecule has 0 saturated carbocycles. The van der Waals surface area contributed by atoms with Crippen LogP contribution in [0.15, 0.2) is 35.5 Å². The topological polar surface area (TPSA) is 55.1 Å².